The fraction of sp³-hybridized carbons (Fsp3) is 0.406. The molecule has 6 atom stereocenters. The first kappa shape index (κ1) is 31.4. The Morgan fingerprint density at radius 2 is 1.74 bits per heavy atom. The number of allylic oxidation sites excluding steroid dienone is 1. The van der Waals surface area contributed by atoms with Gasteiger partial charge < -0.3 is 54.3 Å². The van der Waals surface area contributed by atoms with Crippen LogP contribution in [-0.4, -0.2) is 91.6 Å². The van der Waals surface area contributed by atoms with Crippen LogP contribution in [0.5, 0.6) is 28.7 Å². The number of phenols is 1. The maximum atomic E-state index is 11.6. The summed E-state index contributed by atoms with van der Waals surface area (Å²) in [5.41, 5.74) is 1.42. The highest BCUT2D eigenvalue weighted by Crippen LogP contribution is 2.51. The molecule has 14 nitrogen and oxygen atoms in total. The van der Waals surface area contributed by atoms with E-state index in [1.54, 1.807) is 30.3 Å². The number of aliphatic carboxylic acids is 1. The van der Waals surface area contributed by atoms with Gasteiger partial charge in [0.25, 0.3) is 0 Å². The van der Waals surface area contributed by atoms with Crippen LogP contribution in [0.15, 0.2) is 53.6 Å². The number of nitrogens with two attached hydrogens (primary N) is 1. The van der Waals surface area contributed by atoms with Crippen molar-refractivity contribution in [2.75, 3.05) is 6.61 Å². The van der Waals surface area contributed by atoms with Gasteiger partial charge in [-0.25, -0.2) is 4.79 Å². The fourth-order valence-corrected chi connectivity index (χ4v) is 5.74. The minimum Gasteiger partial charge on any atom is -0.507 e. The highest BCUT2D eigenvalue weighted by atomic mass is 16.7. The number of rotatable bonds is 10. The Hall–Kier alpha value is -4.63. The quantitative estimate of drug-likeness (QED) is 0.193. The predicted molar refractivity (Wildman–Crippen MR) is 160 cm³/mol. The number of aliphatic hydroxyl groups excluding tert-OH is 4. The SMILES string of the molecule is [NH2+]=C1C=CC(CCOc2ccc(C3C=C(O)c4c(cc(O[C@@H]5O[C@H](C(=O)O)[C@@H](O)[C@@H](O)[C@H]5O)c(OC5CCCC5)c4O)O3)cc2)=N1. The van der Waals surface area contributed by atoms with Crippen LogP contribution in [0.25, 0.3) is 5.76 Å². The average molecular weight is 640 g/mol. The molecule has 0 spiro atoms. The number of aliphatic hydroxyl groups is 4. The highest BCUT2D eigenvalue weighted by molar-refractivity contribution is 6.13. The van der Waals surface area contributed by atoms with Crippen molar-refractivity contribution in [1.82, 2.24) is 0 Å². The first-order valence-electron chi connectivity index (χ1n) is 14.9. The Morgan fingerprint density at radius 1 is 1.00 bits per heavy atom. The topological polar surface area (TPSA) is 223 Å². The predicted octanol–water partition coefficient (Wildman–Crippen LogP) is 0.954. The van der Waals surface area contributed by atoms with Gasteiger partial charge in [0, 0.05) is 24.6 Å². The lowest BCUT2D eigenvalue weighted by Crippen LogP contribution is -2.61. The molecule has 2 aromatic rings. The summed E-state index contributed by atoms with van der Waals surface area (Å²) in [6.45, 7) is 0.389. The van der Waals surface area contributed by atoms with Crippen LogP contribution in [0.3, 0.4) is 0 Å². The van der Waals surface area contributed by atoms with Gasteiger partial charge in [0.1, 0.15) is 47.2 Å². The van der Waals surface area contributed by atoms with Gasteiger partial charge in [-0.05, 0) is 54.4 Å². The van der Waals surface area contributed by atoms with Gasteiger partial charge in [-0.1, -0.05) is 12.1 Å². The molecule has 3 heterocycles. The zero-order valence-corrected chi connectivity index (χ0v) is 24.6. The summed E-state index contributed by atoms with van der Waals surface area (Å²) in [4.78, 5) is 15.8. The van der Waals surface area contributed by atoms with Crippen molar-refractivity contribution in [2.45, 2.75) is 75.0 Å². The van der Waals surface area contributed by atoms with Crippen LogP contribution >= 0.6 is 0 Å². The molecule has 1 saturated heterocycles. The molecule has 244 valence electrons. The second-order valence-electron chi connectivity index (χ2n) is 11.4. The fourth-order valence-electron chi connectivity index (χ4n) is 5.74. The third kappa shape index (κ3) is 6.37. The molecule has 0 aromatic heterocycles. The van der Waals surface area contributed by atoms with Crippen molar-refractivity contribution in [3.05, 3.63) is 59.7 Å². The van der Waals surface area contributed by atoms with Gasteiger partial charge in [0.05, 0.1) is 12.7 Å². The molecule has 14 heteroatoms. The maximum absolute atomic E-state index is 11.6. The van der Waals surface area contributed by atoms with Crippen LogP contribution in [0, 0.1) is 0 Å². The Balaban J connectivity index is 1.24. The summed E-state index contributed by atoms with van der Waals surface area (Å²) in [6.07, 6.45) is -1.67. The van der Waals surface area contributed by atoms with Crippen molar-refractivity contribution in [3.8, 4) is 28.7 Å². The largest absolute Gasteiger partial charge is 0.507 e. The molecule has 6 rings (SSSR count). The van der Waals surface area contributed by atoms with E-state index in [1.807, 2.05) is 6.08 Å². The second kappa shape index (κ2) is 13.0. The molecule has 1 saturated carbocycles. The van der Waals surface area contributed by atoms with E-state index in [2.05, 4.69) is 4.99 Å². The molecule has 1 unspecified atom stereocenters. The number of carboxylic acids is 1. The summed E-state index contributed by atoms with van der Waals surface area (Å²) < 4.78 is 29.1. The smallest absolute Gasteiger partial charge is 0.335 e. The average Bonchev–Trinajstić information content (AvgIpc) is 3.70. The Kier molecular flexibility index (Phi) is 8.86. The summed E-state index contributed by atoms with van der Waals surface area (Å²) in [6, 6.07) is 8.33. The van der Waals surface area contributed by atoms with Gasteiger partial charge in [0.2, 0.25) is 12.0 Å². The first-order chi connectivity index (χ1) is 22.1. The number of amidine groups is 1. The van der Waals surface area contributed by atoms with Crippen molar-refractivity contribution in [2.24, 2.45) is 4.99 Å². The van der Waals surface area contributed by atoms with E-state index in [-0.39, 0.29) is 34.7 Å². The highest BCUT2D eigenvalue weighted by Gasteiger charge is 2.48. The molecule has 2 aromatic carbocycles. The number of benzene rings is 2. The van der Waals surface area contributed by atoms with E-state index in [0.29, 0.717) is 43.0 Å². The van der Waals surface area contributed by atoms with Crippen LogP contribution in [0.1, 0.15) is 49.3 Å². The summed E-state index contributed by atoms with van der Waals surface area (Å²) in [7, 11) is 0. The number of carbonyl (C=O) groups is 1. The number of fused-ring (bicyclic) bond motifs is 1. The summed E-state index contributed by atoms with van der Waals surface area (Å²) in [5.74, 6) is -1.69. The van der Waals surface area contributed by atoms with E-state index in [0.717, 1.165) is 18.6 Å². The van der Waals surface area contributed by atoms with Crippen LogP contribution in [0.4, 0.5) is 0 Å². The molecule has 4 aliphatic rings. The van der Waals surface area contributed by atoms with E-state index in [9.17, 15) is 35.4 Å². The van der Waals surface area contributed by atoms with E-state index in [4.69, 9.17) is 29.1 Å². The molecule has 0 radical (unpaired) electrons. The summed E-state index contributed by atoms with van der Waals surface area (Å²) >= 11 is 0. The molecule has 1 aliphatic carbocycles. The normalized spacial score (nSPS) is 27.4. The molecule has 46 heavy (non-hydrogen) atoms. The van der Waals surface area contributed by atoms with Gasteiger partial charge >= 0.3 is 11.8 Å². The van der Waals surface area contributed by atoms with Crippen LogP contribution < -0.4 is 24.4 Å². The molecule has 0 amide bonds. The van der Waals surface area contributed by atoms with Gasteiger partial charge in [-0.15, -0.1) is 0 Å². The third-order valence-corrected chi connectivity index (χ3v) is 8.20. The lowest BCUT2D eigenvalue weighted by molar-refractivity contribution is -0.271. The standard InChI is InChI=1S/C32H34N2O12/c33-23-10-7-16(34-23)11-12-42-17-8-5-15(6-9-17)20-13-19(35)24-21(44-20)14-22(29(25(24)36)43-18-3-1-2-4-18)45-32-28(39)26(37)27(38)30(46-32)31(40)41/h5-10,13-14,18,20,26-28,30,32-33,35-39H,1-4,11-12H2,(H,40,41)/p+1/t20?,26-,27+,28-,30+,32-/m1/s1. The lowest BCUT2D eigenvalue weighted by Gasteiger charge is -2.38. The second-order valence-corrected chi connectivity index (χ2v) is 11.4. The van der Waals surface area contributed by atoms with Crippen molar-refractivity contribution in [3.63, 3.8) is 0 Å². The Bertz CT molecular complexity index is 1580. The van der Waals surface area contributed by atoms with Crippen molar-refractivity contribution in [1.29, 1.82) is 0 Å². The maximum Gasteiger partial charge on any atom is 0.335 e. The number of hydrogen-bond acceptors (Lipinski definition) is 11. The Labute approximate surface area is 262 Å². The number of phenolic OH excluding ortho intramolecular Hbond substituents is 1. The van der Waals surface area contributed by atoms with Crippen LogP contribution in [-0.2, 0) is 9.53 Å². The van der Waals surface area contributed by atoms with Gasteiger partial charge in [-0.2, -0.15) is 0 Å². The minimum atomic E-state index is -1.92. The van der Waals surface area contributed by atoms with Gasteiger partial charge in [-0.3, -0.25) is 5.41 Å². The van der Waals surface area contributed by atoms with Gasteiger partial charge in [0.15, 0.2) is 23.3 Å². The molecule has 8 N–H and O–H groups in total. The number of carboxylic acid groups (broad SMARTS) is 1. The zero-order chi connectivity index (χ0) is 32.5. The first-order valence-corrected chi connectivity index (χ1v) is 14.9. The molecular formula is C32H35N2O12+. The Morgan fingerprint density at radius 3 is 2.41 bits per heavy atom. The molecule has 0 bridgehead atoms. The number of aromatic hydroxyl groups is 1. The third-order valence-electron chi connectivity index (χ3n) is 8.20. The number of aliphatic imine (C=N–C) groups is 1. The molecular weight excluding hydrogens is 604 g/mol. The van der Waals surface area contributed by atoms with E-state index >= 15 is 0 Å². The zero-order valence-electron chi connectivity index (χ0n) is 24.6. The number of hydrogen-bond donors (Lipinski definition) is 7. The van der Waals surface area contributed by atoms with Crippen molar-refractivity contribution < 1.29 is 64.5 Å². The lowest BCUT2D eigenvalue weighted by atomic mass is 9.99. The number of nitrogens with zero attached hydrogens (tertiary/aromatic N) is 1. The number of ether oxygens (including phenoxy) is 5. The van der Waals surface area contributed by atoms with Crippen LogP contribution in [0.2, 0.25) is 0 Å². The summed E-state index contributed by atoms with van der Waals surface area (Å²) in [5, 5.41) is 68.4. The monoisotopic (exact) mass is 639 g/mol. The van der Waals surface area contributed by atoms with E-state index in [1.165, 1.54) is 12.1 Å². The molecule has 3 aliphatic heterocycles. The van der Waals surface area contributed by atoms with Crippen molar-refractivity contribution >= 4 is 23.3 Å². The molecule has 2 fully saturated rings. The minimum absolute atomic E-state index is 0.00117. The van der Waals surface area contributed by atoms with E-state index < -0.39 is 48.5 Å².